The summed E-state index contributed by atoms with van der Waals surface area (Å²) in [4.78, 5) is 29.5. The lowest BCUT2D eigenvalue weighted by molar-refractivity contribution is 0.556. The first kappa shape index (κ1) is 20.7. The fraction of sp³-hybridized carbons (Fsp3) is 0.0870. The number of halogens is 2. The molecule has 0 unspecified atom stereocenters. The van der Waals surface area contributed by atoms with Crippen LogP contribution in [0.1, 0.15) is 29.3 Å². The van der Waals surface area contributed by atoms with Gasteiger partial charge in [-0.05, 0) is 36.8 Å². The smallest absolute Gasteiger partial charge is 0.296 e. The molecule has 0 bridgehead atoms. The number of aromatic nitrogens is 3. The maximum absolute atomic E-state index is 14.8. The first-order valence-electron chi connectivity index (χ1n) is 8.82. The number of rotatable bonds is 3. The number of hydrogen-bond acceptors (Lipinski definition) is 3. The van der Waals surface area contributed by atoms with Crippen LogP contribution >= 0.6 is 0 Å². The van der Waals surface area contributed by atoms with Gasteiger partial charge in [0.15, 0.2) is 11.6 Å². The van der Waals surface area contributed by atoms with Crippen molar-refractivity contribution >= 4 is 11.6 Å². The van der Waals surface area contributed by atoms with Gasteiger partial charge in [-0.1, -0.05) is 31.1 Å². The van der Waals surface area contributed by atoms with Crippen molar-refractivity contribution in [2.45, 2.75) is 6.92 Å². The molecule has 0 aliphatic heterocycles. The quantitative estimate of drug-likeness (QED) is 0.629. The summed E-state index contributed by atoms with van der Waals surface area (Å²) in [6, 6.07) is 5.31. The second kappa shape index (κ2) is 8.13. The van der Waals surface area contributed by atoms with Gasteiger partial charge < -0.3 is 0 Å². The molecule has 0 atom stereocenters. The summed E-state index contributed by atoms with van der Waals surface area (Å²) in [5, 5.41) is 0. The normalized spacial score (nSPS) is 10.3. The minimum atomic E-state index is -1.09. The second-order valence-corrected chi connectivity index (χ2v) is 6.51. The van der Waals surface area contributed by atoms with Crippen molar-refractivity contribution < 1.29 is 8.78 Å². The van der Waals surface area contributed by atoms with Crippen LogP contribution < -0.4 is 11.2 Å². The minimum Gasteiger partial charge on any atom is -0.296 e. The molecule has 30 heavy (non-hydrogen) atoms. The van der Waals surface area contributed by atoms with E-state index in [1.54, 1.807) is 25.3 Å². The zero-order valence-corrected chi connectivity index (χ0v) is 16.4. The lowest BCUT2D eigenvalue weighted by atomic mass is 10.1. The van der Waals surface area contributed by atoms with Gasteiger partial charge >= 0.3 is 5.69 Å². The summed E-state index contributed by atoms with van der Waals surface area (Å²) < 4.78 is 31.2. The van der Waals surface area contributed by atoms with E-state index >= 15 is 0 Å². The van der Waals surface area contributed by atoms with Crippen molar-refractivity contribution in [3.63, 3.8) is 0 Å². The molecular formula is C23H17F2N3O2. The molecule has 2 aromatic heterocycles. The molecule has 0 saturated heterocycles. The third kappa shape index (κ3) is 3.63. The number of nitrogens with zero attached hydrogens (tertiary/aromatic N) is 3. The Hall–Kier alpha value is -4.05. The molecular weight excluding hydrogens is 388 g/mol. The van der Waals surface area contributed by atoms with Crippen molar-refractivity contribution in [1.82, 2.24) is 14.1 Å². The molecule has 0 radical (unpaired) electrons. The highest BCUT2D eigenvalue weighted by atomic mass is 19.1. The fourth-order valence-corrected chi connectivity index (χ4v) is 3.06. The first-order valence-corrected chi connectivity index (χ1v) is 8.82. The average molecular weight is 405 g/mol. The van der Waals surface area contributed by atoms with Crippen LogP contribution in [0, 0.1) is 23.5 Å². The van der Waals surface area contributed by atoms with Gasteiger partial charge in [-0.2, -0.15) is 0 Å². The predicted molar refractivity (Wildman–Crippen MR) is 112 cm³/mol. The third-order valence-corrected chi connectivity index (χ3v) is 4.36. The van der Waals surface area contributed by atoms with E-state index in [0.717, 1.165) is 16.7 Å². The van der Waals surface area contributed by atoms with Crippen LogP contribution in [0.4, 0.5) is 8.78 Å². The Morgan fingerprint density at radius 2 is 1.80 bits per heavy atom. The molecule has 0 aliphatic carbocycles. The Morgan fingerprint density at radius 3 is 2.33 bits per heavy atom. The van der Waals surface area contributed by atoms with Gasteiger partial charge in [-0.25, -0.2) is 18.1 Å². The van der Waals surface area contributed by atoms with Crippen LogP contribution in [-0.4, -0.2) is 14.1 Å². The van der Waals surface area contributed by atoms with E-state index in [9.17, 15) is 18.4 Å². The highest BCUT2D eigenvalue weighted by Crippen LogP contribution is 2.19. The summed E-state index contributed by atoms with van der Waals surface area (Å²) in [5.74, 6) is 3.19. The van der Waals surface area contributed by atoms with Crippen LogP contribution in [0.2, 0.25) is 0 Å². The molecule has 3 rings (SSSR count). The van der Waals surface area contributed by atoms with E-state index in [0.29, 0.717) is 15.7 Å². The van der Waals surface area contributed by atoms with E-state index in [4.69, 9.17) is 0 Å². The van der Waals surface area contributed by atoms with Crippen LogP contribution in [0.15, 0.2) is 59.4 Å². The molecule has 0 aliphatic rings. The van der Waals surface area contributed by atoms with Crippen LogP contribution in [-0.2, 0) is 7.05 Å². The van der Waals surface area contributed by atoms with Gasteiger partial charge in [0.05, 0.1) is 11.3 Å². The van der Waals surface area contributed by atoms with Crippen molar-refractivity contribution in [2.75, 3.05) is 0 Å². The highest BCUT2D eigenvalue weighted by molar-refractivity contribution is 5.68. The molecule has 3 aromatic rings. The summed E-state index contributed by atoms with van der Waals surface area (Å²) in [5.41, 5.74) is -1.25. The summed E-state index contributed by atoms with van der Waals surface area (Å²) in [7, 11) is 1.39. The van der Waals surface area contributed by atoms with E-state index in [2.05, 4.69) is 30.0 Å². The summed E-state index contributed by atoms with van der Waals surface area (Å²) in [6.45, 7) is 8.93. The van der Waals surface area contributed by atoms with Crippen LogP contribution in [0.25, 0.3) is 17.3 Å². The van der Waals surface area contributed by atoms with E-state index < -0.39 is 28.6 Å². The molecule has 7 heteroatoms. The Balaban J connectivity index is 2.23. The van der Waals surface area contributed by atoms with Gasteiger partial charge in [0.2, 0.25) is 0 Å². The maximum atomic E-state index is 14.8. The third-order valence-electron chi connectivity index (χ3n) is 4.36. The van der Waals surface area contributed by atoms with Crippen molar-refractivity contribution in [3.05, 3.63) is 105 Å². The Labute approximate surface area is 171 Å². The molecule has 150 valence electrons. The number of allylic oxidation sites excluding steroid dienone is 1. The fourth-order valence-electron chi connectivity index (χ4n) is 3.06. The zero-order valence-electron chi connectivity index (χ0n) is 16.4. The number of hydrogen-bond donors (Lipinski definition) is 0. The molecule has 2 heterocycles. The topological polar surface area (TPSA) is 56.9 Å². The highest BCUT2D eigenvalue weighted by Gasteiger charge is 2.22. The van der Waals surface area contributed by atoms with Gasteiger partial charge in [0.1, 0.15) is 5.69 Å². The molecule has 0 fully saturated rings. The molecule has 0 N–H and O–H groups in total. The predicted octanol–water partition coefficient (Wildman–Crippen LogP) is 3.29. The SMILES string of the molecule is C=Cc1c(C(=C)C)n(C)c(=O)n(-c2c(F)cc(C#Cc3cccnc3)cc2F)c1=O. The lowest BCUT2D eigenvalue weighted by Gasteiger charge is -2.16. The number of benzene rings is 1. The van der Waals surface area contributed by atoms with Gasteiger partial charge in [-0.3, -0.25) is 14.3 Å². The molecule has 0 saturated carbocycles. The Bertz CT molecular complexity index is 1330. The number of pyridine rings is 1. The molecule has 5 nitrogen and oxygen atoms in total. The van der Waals surface area contributed by atoms with Crippen molar-refractivity contribution in [3.8, 4) is 17.5 Å². The average Bonchev–Trinajstić information content (AvgIpc) is 2.71. The van der Waals surface area contributed by atoms with E-state index in [1.165, 1.54) is 19.3 Å². The van der Waals surface area contributed by atoms with Crippen molar-refractivity contribution in [1.29, 1.82) is 0 Å². The molecule has 1 aromatic carbocycles. The summed E-state index contributed by atoms with van der Waals surface area (Å²) in [6.07, 6.45) is 4.32. The second-order valence-electron chi connectivity index (χ2n) is 6.51. The van der Waals surface area contributed by atoms with E-state index in [1.807, 2.05) is 0 Å². The maximum Gasteiger partial charge on any atom is 0.336 e. The van der Waals surface area contributed by atoms with Gasteiger partial charge in [0.25, 0.3) is 5.56 Å². The van der Waals surface area contributed by atoms with E-state index in [-0.39, 0.29) is 16.8 Å². The van der Waals surface area contributed by atoms with Crippen LogP contribution in [0.5, 0.6) is 0 Å². The Kier molecular flexibility index (Phi) is 5.61. The zero-order chi connectivity index (χ0) is 22.0. The first-order chi connectivity index (χ1) is 14.3. The Morgan fingerprint density at radius 1 is 1.17 bits per heavy atom. The molecule has 0 amide bonds. The standard InChI is InChI=1S/C23H17F2N3O2/c1-5-17-20(14(2)3)27(4)23(30)28(22(17)29)21-18(24)11-16(12-19(21)25)9-8-15-7-6-10-26-13-15/h5-7,10-13H,1-2H2,3-4H3. The summed E-state index contributed by atoms with van der Waals surface area (Å²) >= 11 is 0. The van der Waals surface area contributed by atoms with Gasteiger partial charge in [0, 0.05) is 30.6 Å². The van der Waals surface area contributed by atoms with Crippen molar-refractivity contribution in [2.24, 2.45) is 7.05 Å². The minimum absolute atomic E-state index is 0.0174. The van der Waals surface area contributed by atoms with Crippen LogP contribution in [0.3, 0.4) is 0 Å². The largest absolute Gasteiger partial charge is 0.336 e. The lowest BCUT2D eigenvalue weighted by Crippen LogP contribution is -2.41. The molecule has 0 spiro atoms. The monoisotopic (exact) mass is 405 g/mol. The van der Waals surface area contributed by atoms with Gasteiger partial charge in [-0.15, -0.1) is 0 Å².